The first-order valence-corrected chi connectivity index (χ1v) is 10.2. The van der Waals surface area contributed by atoms with E-state index in [0.717, 1.165) is 11.1 Å². The van der Waals surface area contributed by atoms with Gasteiger partial charge in [0.25, 0.3) is 0 Å². The monoisotopic (exact) mass is 401 g/mol. The van der Waals surface area contributed by atoms with Crippen LogP contribution < -0.4 is 9.46 Å². The lowest BCUT2D eigenvalue weighted by Gasteiger charge is -2.11. The maximum absolute atomic E-state index is 13.1. The van der Waals surface area contributed by atoms with Gasteiger partial charge in [-0.2, -0.15) is 0 Å². The molecule has 146 valence electrons. The van der Waals surface area contributed by atoms with E-state index in [2.05, 4.69) is 14.7 Å². The lowest BCUT2D eigenvalue weighted by atomic mass is 10.1. The van der Waals surface area contributed by atoms with E-state index >= 15 is 0 Å². The SMILES string of the molecule is CCOc1ccc(S(=O)(=O)NCc2cc(-c3ccc(F)cc3)ncn2)cc1C. The number of aryl methyl sites for hydroxylation is 1. The van der Waals surface area contributed by atoms with Crippen LogP contribution in [0.25, 0.3) is 11.3 Å². The molecule has 1 heterocycles. The van der Waals surface area contributed by atoms with E-state index in [-0.39, 0.29) is 17.3 Å². The first-order valence-electron chi connectivity index (χ1n) is 8.69. The van der Waals surface area contributed by atoms with Crippen LogP contribution in [0.3, 0.4) is 0 Å². The molecule has 0 unspecified atom stereocenters. The topological polar surface area (TPSA) is 81.2 Å². The largest absolute Gasteiger partial charge is 0.494 e. The predicted octanol–water partition coefficient (Wildman–Crippen LogP) is 3.47. The van der Waals surface area contributed by atoms with Crippen molar-refractivity contribution in [2.24, 2.45) is 0 Å². The molecule has 28 heavy (non-hydrogen) atoms. The zero-order valence-corrected chi connectivity index (χ0v) is 16.3. The number of sulfonamides is 1. The van der Waals surface area contributed by atoms with Crippen molar-refractivity contribution >= 4 is 10.0 Å². The third kappa shape index (κ3) is 4.71. The highest BCUT2D eigenvalue weighted by Crippen LogP contribution is 2.22. The lowest BCUT2D eigenvalue weighted by Crippen LogP contribution is -2.24. The van der Waals surface area contributed by atoms with Crippen molar-refractivity contribution in [2.75, 3.05) is 6.61 Å². The van der Waals surface area contributed by atoms with Crippen molar-refractivity contribution in [1.82, 2.24) is 14.7 Å². The molecule has 0 spiro atoms. The van der Waals surface area contributed by atoms with E-state index in [1.165, 1.54) is 24.5 Å². The van der Waals surface area contributed by atoms with Crippen LogP contribution >= 0.6 is 0 Å². The summed E-state index contributed by atoms with van der Waals surface area (Å²) in [4.78, 5) is 8.41. The van der Waals surface area contributed by atoms with Gasteiger partial charge < -0.3 is 4.74 Å². The Hall–Kier alpha value is -2.84. The Labute approximate surface area is 163 Å². The molecule has 0 aliphatic rings. The van der Waals surface area contributed by atoms with E-state index in [1.54, 1.807) is 37.3 Å². The summed E-state index contributed by atoms with van der Waals surface area (Å²) in [5, 5.41) is 0. The maximum Gasteiger partial charge on any atom is 0.240 e. The molecule has 0 aliphatic carbocycles. The molecule has 8 heteroatoms. The van der Waals surface area contributed by atoms with Crippen molar-refractivity contribution in [1.29, 1.82) is 0 Å². The van der Waals surface area contributed by atoms with Gasteiger partial charge in [0.05, 0.1) is 29.4 Å². The second-order valence-electron chi connectivity index (χ2n) is 6.09. The summed E-state index contributed by atoms with van der Waals surface area (Å²) in [6, 6.07) is 12.3. The average Bonchev–Trinajstić information content (AvgIpc) is 2.69. The van der Waals surface area contributed by atoms with Crippen LogP contribution in [0.15, 0.2) is 59.8 Å². The fourth-order valence-corrected chi connectivity index (χ4v) is 3.72. The number of hydrogen-bond donors (Lipinski definition) is 1. The molecule has 0 fully saturated rings. The molecular weight excluding hydrogens is 381 g/mol. The number of benzene rings is 2. The minimum atomic E-state index is -3.71. The highest BCUT2D eigenvalue weighted by atomic mass is 32.2. The van der Waals surface area contributed by atoms with Gasteiger partial charge in [-0.3, -0.25) is 0 Å². The zero-order chi connectivity index (χ0) is 20.1. The number of ether oxygens (including phenoxy) is 1. The molecule has 3 rings (SSSR count). The average molecular weight is 401 g/mol. The minimum Gasteiger partial charge on any atom is -0.494 e. The lowest BCUT2D eigenvalue weighted by molar-refractivity contribution is 0.337. The van der Waals surface area contributed by atoms with Crippen molar-refractivity contribution in [3.63, 3.8) is 0 Å². The molecule has 0 atom stereocenters. The van der Waals surface area contributed by atoms with Gasteiger partial charge in [-0.15, -0.1) is 0 Å². The first-order chi connectivity index (χ1) is 13.4. The minimum absolute atomic E-state index is 0.00526. The molecule has 0 radical (unpaired) electrons. The van der Waals surface area contributed by atoms with E-state index in [0.29, 0.717) is 23.7 Å². The van der Waals surface area contributed by atoms with E-state index in [4.69, 9.17) is 4.74 Å². The summed E-state index contributed by atoms with van der Waals surface area (Å²) >= 11 is 0. The molecular formula is C20H20FN3O3S. The van der Waals surface area contributed by atoms with Gasteiger partial charge in [0.15, 0.2) is 0 Å². The van der Waals surface area contributed by atoms with Gasteiger partial charge in [-0.25, -0.2) is 27.5 Å². The van der Waals surface area contributed by atoms with E-state index in [1.807, 2.05) is 6.92 Å². The molecule has 0 amide bonds. The smallest absolute Gasteiger partial charge is 0.240 e. The van der Waals surface area contributed by atoms with Gasteiger partial charge in [0.2, 0.25) is 10.0 Å². The number of nitrogens with one attached hydrogen (secondary N) is 1. The summed E-state index contributed by atoms with van der Waals surface area (Å²) in [6.07, 6.45) is 1.35. The van der Waals surface area contributed by atoms with Gasteiger partial charge in [0.1, 0.15) is 17.9 Å². The summed E-state index contributed by atoms with van der Waals surface area (Å²) in [5.74, 6) is 0.317. The fraction of sp³-hybridized carbons (Fsp3) is 0.200. The second-order valence-corrected chi connectivity index (χ2v) is 7.85. The van der Waals surface area contributed by atoms with Gasteiger partial charge in [-0.05, 0) is 67.9 Å². The van der Waals surface area contributed by atoms with Crippen molar-refractivity contribution in [3.8, 4) is 17.0 Å². The Bertz CT molecular complexity index is 1070. The summed E-state index contributed by atoms with van der Waals surface area (Å²) in [7, 11) is -3.71. The Balaban J connectivity index is 1.75. The normalized spacial score (nSPS) is 11.4. The Morgan fingerprint density at radius 3 is 2.50 bits per heavy atom. The number of aromatic nitrogens is 2. The third-order valence-corrected chi connectivity index (χ3v) is 5.46. The molecule has 6 nitrogen and oxygen atoms in total. The molecule has 0 aliphatic heterocycles. The van der Waals surface area contributed by atoms with Crippen LogP contribution in [0.4, 0.5) is 4.39 Å². The van der Waals surface area contributed by atoms with Gasteiger partial charge >= 0.3 is 0 Å². The number of hydrogen-bond acceptors (Lipinski definition) is 5. The number of rotatable bonds is 7. The fourth-order valence-electron chi connectivity index (χ4n) is 2.63. The van der Waals surface area contributed by atoms with Gasteiger partial charge in [-0.1, -0.05) is 0 Å². The van der Waals surface area contributed by atoms with E-state index < -0.39 is 10.0 Å². The Morgan fingerprint density at radius 1 is 1.07 bits per heavy atom. The van der Waals surface area contributed by atoms with Crippen LogP contribution in [-0.4, -0.2) is 25.0 Å². The predicted molar refractivity (Wildman–Crippen MR) is 104 cm³/mol. The standard InChI is InChI=1S/C20H20FN3O3S/c1-3-27-20-9-8-18(10-14(20)2)28(25,26)24-12-17-11-19(23-13-22-17)15-4-6-16(21)7-5-15/h4-11,13,24H,3,12H2,1-2H3. The van der Waals surface area contributed by atoms with Crippen LogP contribution in [0.2, 0.25) is 0 Å². The molecule has 3 aromatic rings. The summed E-state index contributed by atoms with van der Waals surface area (Å²) in [6.45, 7) is 4.18. The first kappa shape index (κ1) is 19.9. The molecule has 0 bridgehead atoms. The van der Waals surface area contributed by atoms with E-state index in [9.17, 15) is 12.8 Å². The van der Waals surface area contributed by atoms with Crippen LogP contribution in [-0.2, 0) is 16.6 Å². The molecule has 0 saturated heterocycles. The van der Waals surface area contributed by atoms with Crippen LogP contribution in [0.5, 0.6) is 5.75 Å². The summed E-state index contributed by atoms with van der Waals surface area (Å²) < 4.78 is 46.2. The van der Waals surface area contributed by atoms with Crippen LogP contribution in [0.1, 0.15) is 18.2 Å². The molecule has 2 aromatic carbocycles. The maximum atomic E-state index is 13.1. The van der Waals surface area contributed by atoms with Crippen molar-refractivity contribution in [3.05, 3.63) is 71.9 Å². The third-order valence-electron chi connectivity index (χ3n) is 4.06. The highest BCUT2D eigenvalue weighted by molar-refractivity contribution is 7.89. The van der Waals surface area contributed by atoms with Crippen molar-refractivity contribution in [2.45, 2.75) is 25.3 Å². The highest BCUT2D eigenvalue weighted by Gasteiger charge is 2.16. The second kappa shape index (κ2) is 8.45. The zero-order valence-electron chi connectivity index (χ0n) is 15.5. The molecule has 0 saturated carbocycles. The quantitative estimate of drug-likeness (QED) is 0.656. The van der Waals surface area contributed by atoms with Gasteiger partial charge in [0, 0.05) is 5.56 Å². The van der Waals surface area contributed by atoms with Crippen LogP contribution in [0, 0.1) is 12.7 Å². The van der Waals surface area contributed by atoms with Crippen molar-refractivity contribution < 1.29 is 17.5 Å². The number of halogens is 1. The Morgan fingerprint density at radius 2 is 1.82 bits per heavy atom. The Kier molecular flexibility index (Phi) is 6.01. The molecule has 1 aromatic heterocycles. The number of nitrogens with zero attached hydrogens (tertiary/aromatic N) is 2. The summed E-state index contributed by atoms with van der Waals surface area (Å²) in [5.41, 5.74) is 2.54. The molecule has 1 N–H and O–H groups in total.